The maximum Gasteiger partial charge on any atom is 0.306 e. The van der Waals surface area contributed by atoms with Crippen LogP contribution in [0.2, 0.25) is 0 Å². The molecule has 23 heavy (non-hydrogen) atoms. The van der Waals surface area contributed by atoms with Crippen LogP contribution in [0.1, 0.15) is 24.5 Å². The molecule has 0 saturated heterocycles. The highest BCUT2D eigenvalue weighted by molar-refractivity contribution is 5.73. The molecule has 0 heterocycles. The van der Waals surface area contributed by atoms with Crippen molar-refractivity contribution in [1.29, 1.82) is 0 Å². The molecule has 1 aliphatic rings. The van der Waals surface area contributed by atoms with Gasteiger partial charge in [0.05, 0.1) is 5.92 Å². The zero-order valence-corrected chi connectivity index (χ0v) is 13.5. The molecule has 1 fully saturated rings. The zero-order chi connectivity index (χ0) is 16.4. The van der Waals surface area contributed by atoms with Crippen LogP contribution < -0.4 is 4.74 Å². The van der Waals surface area contributed by atoms with E-state index in [1.165, 1.54) is 11.1 Å². The minimum Gasteiger partial charge on any atom is -0.481 e. The van der Waals surface area contributed by atoms with E-state index in [2.05, 4.69) is 26.0 Å². The van der Waals surface area contributed by atoms with Gasteiger partial charge in [-0.2, -0.15) is 0 Å². The molecular formula is C20H22O3. The van der Waals surface area contributed by atoms with Crippen LogP contribution in [0.5, 0.6) is 11.5 Å². The molecule has 3 nitrogen and oxygen atoms in total. The maximum atomic E-state index is 11.0. The van der Waals surface area contributed by atoms with Gasteiger partial charge in [-0.05, 0) is 67.0 Å². The van der Waals surface area contributed by atoms with Crippen molar-refractivity contribution in [2.24, 2.45) is 17.8 Å². The number of carboxylic acids is 1. The zero-order valence-electron chi connectivity index (χ0n) is 13.5. The van der Waals surface area contributed by atoms with Crippen molar-refractivity contribution in [3.63, 3.8) is 0 Å². The second kappa shape index (κ2) is 6.45. The van der Waals surface area contributed by atoms with Crippen LogP contribution in [0.25, 0.3) is 0 Å². The smallest absolute Gasteiger partial charge is 0.306 e. The third kappa shape index (κ3) is 3.73. The van der Waals surface area contributed by atoms with Gasteiger partial charge in [0.1, 0.15) is 11.5 Å². The van der Waals surface area contributed by atoms with Gasteiger partial charge in [-0.15, -0.1) is 0 Å². The first kappa shape index (κ1) is 15.6. The van der Waals surface area contributed by atoms with Crippen LogP contribution in [-0.4, -0.2) is 11.1 Å². The van der Waals surface area contributed by atoms with Crippen LogP contribution in [0.4, 0.5) is 0 Å². The van der Waals surface area contributed by atoms with E-state index in [1.54, 1.807) is 0 Å². The standard InChI is InChI=1S/C20H22O3/c1-13-11-17(23-16-6-4-3-5-7-16)9-8-15(13)10-14(2)18-12-19(18)20(21)22/h3-9,11,14,18-19H,10,12H2,1-2H3,(H,21,22). The second-order valence-corrected chi connectivity index (χ2v) is 6.53. The fourth-order valence-corrected chi connectivity index (χ4v) is 3.21. The molecule has 120 valence electrons. The Morgan fingerprint density at radius 1 is 1.22 bits per heavy atom. The van der Waals surface area contributed by atoms with E-state index in [4.69, 9.17) is 9.84 Å². The summed E-state index contributed by atoms with van der Waals surface area (Å²) < 4.78 is 5.85. The molecule has 3 rings (SSSR count). The van der Waals surface area contributed by atoms with Crippen LogP contribution in [0.15, 0.2) is 48.5 Å². The van der Waals surface area contributed by atoms with E-state index in [0.29, 0.717) is 11.8 Å². The monoisotopic (exact) mass is 310 g/mol. The van der Waals surface area contributed by atoms with E-state index in [0.717, 1.165) is 24.3 Å². The van der Waals surface area contributed by atoms with Crippen molar-refractivity contribution >= 4 is 5.97 Å². The van der Waals surface area contributed by atoms with E-state index >= 15 is 0 Å². The summed E-state index contributed by atoms with van der Waals surface area (Å²) in [6.07, 6.45) is 1.75. The topological polar surface area (TPSA) is 46.5 Å². The van der Waals surface area contributed by atoms with Crippen molar-refractivity contribution in [3.05, 3.63) is 59.7 Å². The molecule has 1 saturated carbocycles. The van der Waals surface area contributed by atoms with Crippen molar-refractivity contribution in [2.75, 3.05) is 0 Å². The molecule has 3 heteroatoms. The Labute approximate surface area is 136 Å². The number of carbonyl (C=O) groups is 1. The van der Waals surface area contributed by atoms with E-state index in [9.17, 15) is 4.79 Å². The average Bonchev–Trinajstić information content (AvgIpc) is 3.32. The van der Waals surface area contributed by atoms with E-state index in [-0.39, 0.29) is 5.92 Å². The van der Waals surface area contributed by atoms with Gasteiger partial charge < -0.3 is 9.84 Å². The number of carboxylic acid groups (broad SMARTS) is 1. The normalized spacial score (nSPS) is 20.8. The summed E-state index contributed by atoms with van der Waals surface area (Å²) in [5.41, 5.74) is 2.46. The predicted molar refractivity (Wildman–Crippen MR) is 89.8 cm³/mol. The first-order valence-electron chi connectivity index (χ1n) is 8.10. The van der Waals surface area contributed by atoms with Gasteiger partial charge >= 0.3 is 5.97 Å². The summed E-state index contributed by atoms with van der Waals surface area (Å²) in [6, 6.07) is 15.9. The molecule has 3 atom stereocenters. The van der Waals surface area contributed by atoms with Gasteiger partial charge in [-0.25, -0.2) is 0 Å². The number of aliphatic carboxylic acids is 1. The number of ether oxygens (including phenoxy) is 1. The van der Waals surface area contributed by atoms with Crippen molar-refractivity contribution in [1.82, 2.24) is 0 Å². The highest BCUT2D eigenvalue weighted by Gasteiger charge is 2.46. The van der Waals surface area contributed by atoms with Crippen LogP contribution in [0, 0.1) is 24.7 Å². The Morgan fingerprint density at radius 3 is 2.57 bits per heavy atom. The number of aryl methyl sites for hydroxylation is 1. The number of rotatable bonds is 6. The summed E-state index contributed by atoms with van der Waals surface area (Å²) >= 11 is 0. The Morgan fingerprint density at radius 2 is 1.96 bits per heavy atom. The first-order chi connectivity index (χ1) is 11.0. The Bertz CT molecular complexity index is 693. The third-order valence-corrected chi connectivity index (χ3v) is 4.72. The Balaban J connectivity index is 1.64. The number of benzene rings is 2. The van der Waals surface area contributed by atoms with Gasteiger partial charge in [-0.3, -0.25) is 4.79 Å². The van der Waals surface area contributed by atoms with Gasteiger partial charge in [0.15, 0.2) is 0 Å². The van der Waals surface area contributed by atoms with Crippen molar-refractivity contribution in [3.8, 4) is 11.5 Å². The quantitative estimate of drug-likeness (QED) is 0.842. The molecule has 0 bridgehead atoms. The summed E-state index contributed by atoms with van der Waals surface area (Å²) in [5.74, 6) is 1.61. The van der Waals surface area contributed by atoms with Gasteiger partial charge in [0.25, 0.3) is 0 Å². The lowest BCUT2D eigenvalue weighted by molar-refractivity contribution is -0.139. The Hall–Kier alpha value is -2.29. The molecular weight excluding hydrogens is 288 g/mol. The molecule has 3 unspecified atom stereocenters. The fourth-order valence-electron chi connectivity index (χ4n) is 3.21. The van der Waals surface area contributed by atoms with Crippen molar-refractivity contribution in [2.45, 2.75) is 26.7 Å². The lowest BCUT2D eigenvalue weighted by atomic mass is 9.93. The lowest BCUT2D eigenvalue weighted by Gasteiger charge is -2.14. The molecule has 0 amide bonds. The number of para-hydroxylation sites is 1. The second-order valence-electron chi connectivity index (χ2n) is 6.53. The minimum absolute atomic E-state index is 0.133. The lowest BCUT2D eigenvalue weighted by Crippen LogP contribution is -2.09. The molecule has 2 aromatic rings. The number of hydrogen-bond acceptors (Lipinski definition) is 2. The highest BCUT2D eigenvalue weighted by atomic mass is 16.5. The molecule has 1 N–H and O–H groups in total. The average molecular weight is 310 g/mol. The molecule has 0 aromatic heterocycles. The van der Waals surface area contributed by atoms with Crippen LogP contribution in [0.3, 0.4) is 0 Å². The molecule has 2 aromatic carbocycles. The predicted octanol–water partition coefficient (Wildman–Crippen LogP) is 4.69. The summed E-state index contributed by atoms with van der Waals surface area (Å²) in [6.45, 7) is 4.24. The fraction of sp³-hybridized carbons (Fsp3) is 0.350. The van der Waals surface area contributed by atoms with Gasteiger partial charge in [-0.1, -0.05) is 31.2 Å². The molecule has 0 spiro atoms. The van der Waals surface area contributed by atoms with Crippen molar-refractivity contribution < 1.29 is 14.6 Å². The number of hydrogen-bond donors (Lipinski definition) is 1. The largest absolute Gasteiger partial charge is 0.481 e. The van der Waals surface area contributed by atoms with E-state index in [1.807, 2.05) is 36.4 Å². The highest BCUT2D eigenvalue weighted by Crippen LogP contribution is 2.45. The maximum absolute atomic E-state index is 11.0. The summed E-state index contributed by atoms with van der Waals surface area (Å²) in [4.78, 5) is 11.0. The molecule has 0 radical (unpaired) electrons. The van der Waals surface area contributed by atoms with E-state index < -0.39 is 5.97 Å². The van der Waals surface area contributed by atoms with Gasteiger partial charge in [0, 0.05) is 0 Å². The third-order valence-electron chi connectivity index (χ3n) is 4.72. The first-order valence-corrected chi connectivity index (χ1v) is 8.10. The SMILES string of the molecule is Cc1cc(Oc2ccccc2)ccc1CC(C)C1CC1C(=O)O. The molecule has 1 aliphatic carbocycles. The molecule has 0 aliphatic heterocycles. The summed E-state index contributed by atoms with van der Waals surface area (Å²) in [5, 5.41) is 9.05. The van der Waals surface area contributed by atoms with Crippen LogP contribution in [-0.2, 0) is 11.2 Å². The van der Waals surface area contributed by atoms with Crippen LogP contribution >= 0.6 is 0 Å². The Kier molecular flexibility index (Phi) is 4.37. The van der Waals surface area contributed by atoms with Gasteiger partial charge in [0.2, 0.25) is 0 Å². The summed E-state index contributed by atoms with van der Waals surface area (Å²) in [7, 11) is 0. The minimum atomic E-state index is -0.648.